The lowest BCUT2D eigenvalue weighted by atomic mass is 9.95. The Kier molecular flexibility index (Phi) is 5.69. The van der Waals surface area contributed by atoms with Crippen LogP contribution in [0.4, 0.5) is 5.69 Å². The number of anilines is 1. The quantitative estimate of drug-likeness (QED) is 0.637. The summed E-state index contributed by atoms with van der Waals surface area (Å²) >= 11 is 0. The van der Waals surface area contributed by atoms with Crippen molar-refractivity contribution in [3.63, 3.8) is 0 Å². The predicted molar refractivity (Wildman–Crippen MR) is 123 cm³/mol. The number of aryl methyl sites for hydroxylation is 1. The van der Waals surface area contributed by atoms with E-state index in [0.717, 1.165) is 36.5 Å². The van der Waals surface area contributed by atoms with E-state index in [0.29, 0.717) is 17.1 Å². The molecule has 2 aromatic heterocycles. The van der Waals surface area contributed by atoms with Gasteiger partial charge in [0.2, 0.25) is 0 Å². The fourth-order valence-corrected chi connectivity index (χ4v) is 4.25. The summed E-state index contributed by atoms with van der Waals surface area (Å²) in [5, 5.41) is 9.28. The minimum atomic E-state index is -0.0782. The molecule has 0 saturated carbocycles. The van der Waals surface area contributed by atoms with Gasteiger partial charge in [-0.1, -0.05) is 32.9 Å². The Morgan fingerprint density at radius 3 is 2.74 bits per heavy atom. The lowest BCUT2D eigenvalue weighted by molar-refractivity contribution is 0.121. The van der Waals surface area contributed by atoms with Crippen LogP contribution in [0.25, 0.3) is 11.0 Å². The van der Waals surface area contributed by atoms with E-state index in [1.165, 1.54) is 5.56 Å². The molecule has 1 aliphatic rings. The third-order valence-corrected chi connectivity index (χ3v) is 6.16. The fourth-order valence-electron chi connectivity index (χ4n) is 4.25. The summed E-state index contributed by atoms with van der Waals surface area (Å²) < 4.78 is 7.94. The Labute approximate surface area is 182 Å². The topological polar surface area (TPSA) is 71.2 Å². The number of fused-ring (bicyclic) bond motifs is 1. The van der Waals surface area contributed by atoms with Gasteiger partial charge in [0, 0.05) is 38.5 Å². The fraction of sp³-hybridized carbons (Fsp3) is 0.400. The molecule has 3 heterocycles. The molecule has 0 aliphatic carbocycles. The first-order chi connectivity index (χ1) is 14.9. The zero-order valence-corrected chi connectivity index (χ0v) is 18.5. The molecular formula is C25H28N4O2. The van der Waals surface area contributed by atoms with Crippen molar-refractivity contribution in [1.82, 2.24) is 9.55 Å². The number of nitrogens with zero attached hydrogens (tertiary/aromatic N) is 4. The van der Waals surface area contributed by atoms with Crippen molar-refractivity contribution in [2.45, 2.75) is 39.2 Å². The van der Waals surface area contributed by atoms with Crippen LogP contribution in [0.5, 0.6) is 5.75 Å². The first kappa shape index (κ1) is 20.9. The molecule has 6 heteroatoms. The molecule has 0 radical (unpaired) electrons. The van der Waals surface area contributed by atoms with Gasteiger partial charge in [-0.25, -0.2) is 4.98 Å². The van der Waals surface area contributed by atoms with Crippen LogP contribution in [-0.2, 0) is 7.05 Å². The smallest absolute Gasteiger partial charge is 0.252 e. The van der Waals surface area contributed by atoms with Crippen LogP contribution in [0.3, 0.4) is 0 Å². The van der Waals surface area contributed by atoms with Gasteiger partial charge in [-0.15, -0.1) is 0 Å². The summed E-state index contributed by atoms with van der Waals surface area (Å²) in [5.41, 5.74) is 3.76. The molecule has 4 rings (SSSR count). The van der Waals surface area contributed by atoms with Crippen LogP contribution in [-0.4, -0.2) is 28.7 Å². The Morgan fingerprint density at radius 2 is 2.03 bits per heavy atom. The number of benzene rings is 1. The molecule has 0 amide bonds. The van der Waals surface area contributed by atoms with Crippen molar-refractivity contribution >= 4 is 16.7 Å². The molecule has 0 N–H and O–H groups in total. The van der Waals surface area contributed by atoms with Crippen LogP contribution in [0.15, 0.2) is 47.3 Å². The minimum absolute atomic E-state index is 0.0782. The molecule has 0 spiro atoms. The number of nitriles is 1. The van der Waals surface area contributed by atoms with E-state index < -0.39 is 0 Å². The second kappa shape index (κ2) is 8.43. The summed E-state index contributed by atoms with van der Waals surface area (Å²) in [6.45, 7) is 8.07. The van der Waals surface area contributed by atoms with Gasteiger partial charge in [0.25, 0.3) is 5.56 Å². The first-order valence-corrected chi connectivity index (χ1v) is 10.8. The molecule has 6 nitrogen and oxygen atoms in total. The van der Waals surface area contributed by atoms with E-state index in [9.17, 15) is 10.1 Å². The van der Waals surface area contributed by atoms with Crippen LogP contribution < -0.4 is 15.2 Å². The van der Waals surface area contributed by atoms with E-state index in [-0.39, 0.29) is 17.6 Å². The SMILES string of the molecule is CC(C)c1cccc(O[C@@H]2CCN(c3cc(=O)n(C)c4ccc(C#N)nc34)C[C@H]2C)c1. The van der Waals surface area contributed by atoms with Gasteiger partial charge in [0.1, 0.15) is 29.1 Å². The van der Waals surface area contributed by atoms with Gasteiger partial charge in [0.05, 0.1) is 11.2 Å². The number of pyridine rings is 2. The number of aromatic nitrogens is 2. The first-order valence-electron chi connectivity index (χ1n) is 10.8. The molecule has 3 aromatic rings. The Hall–Kier alpha value is -3.33. The highest BCUT2D eigenvalue weighted by molar-refractivity contribution is 5.88. The summed E-state index contributed by atoms with van der Waals surface area (Å²) in [5.74, 6) is 1.65. The van der Waals surface area contributed by atoms with Gasteiger partial charge < -0.3 is 14.2 Å². The number of hydrogen-bond donors (Lipinski definition) is 0. The van der Waals surface area contributed by atoms with Crippen LogP contribution in [0.2, 0.25) is 0 Å². The molecule has 0 unspecified atom stereocenters. The normalized spacial score (nSPS) is 18.9. The molecular weight excluding hydrogens is 388 g/mol. The molecule has 1 saturated heterocycles. The number of rotatable bonds is 4. The average Bonchev–Trinajstić information content (AvgIpc) is 2.77. The lowest BCUT2D eigenvalue weighted by Gasteiger charge is -2.38. The largest absolute Gasteiger partial charge is 0.490 e. The number of piperidine rings is 1. The monoisotopic (exact) mass is 416 g/mol. The summed E-state index contributed by atoms with van der Waals surface area (Å²) in [7, 11) is 1.73. The third-order valence-electron chi connectivity index (χ3n) is 6.16. The zero-order chi connectivity index (χ0) is 22.1. The van der Waals surface area contributed by atoms with Gasteiger partial charge in [-0.3, -0.25) is 4.79 Å². The van der Waals surface area contributed by atoms with E-state index in [1.807, 2.05) is 6.07 Å². The van der Waals surface area contributed by atoms with Crippen molar-refractivity contribution in [3.05, 3.63) is 64.1 Å². The highest BCUT2D eigenvalue weighted by Gasteiger charge is 2.29. The maximum atomic E-state index is 12.5. The number of ether oxygens (including phenoxy) is 1. The standard InChI is InChI=1S/C25H28N4O2/c1-16(2)18-6-5-7-20(12-18)31-23-10-11-29(15-17(23)3)22-13-24(30)28(4)21-9-8-19(14-26)27-25(21)22/h5-9,12-13,16-17,23H,10-11,15H2,1-4H3/t17-,23-/m1/s1. The van der Waals surface area contributed by atoms with Gasteiger partial charge >= 0.3 is 0 Å². The van der Waals surface area contributed by atoms with Crippen molar-refractivity contribution in [2.75, 3.05) is 18.0 Å². The van der Waals surface area contributed by atoms with Gasteiger partial charge in [0.15, 0.2) is 0 Å². The maximum Gasteiger partial charge on any atom is 0.252 e. The van der Waals surface area contributed by atoms with Crippen LogP contribution in [0.1, 0.15) is 44.4 Å². The summed E-state index contributed by atoms with van der Waals surface area (Å²) in [6, 6.07) is 15.5. The number of hydrogen-bond acceptors (Lipinski definition) is 5. The summed E-state index contributed by atoms with van der Waals surface area (Å²) in [6.07, 6.45) is 0.959. The highest BCUT2D eigenvalue weighted by Crippen LogP contribution is 2.30. The van der Waals surface area contributed by atoms with Gasteiger partial charge in [-0.2, -0.15) is 5.26 Å². The van der Waals surface area contributed by atoms with Crippen molar-refractivity contribution in [2.24, 2.45) is 13.0 Å². The Balaban J connectivity index is 1.59. The summed E-state index contributed by atoms with van der Waals surface area (Å²) in [4.78, 5) is 19.3. The highest BCUT2D eigenvalue weighted by atomic mass is 16.5. The lowest BCUT2D eigenvalue weighted by Crippen LogP contribution is -2.45. The third kappa shape index (κ3) is 4.13. The van der Waals surface area contributed by atoms with E-state index in [2.05, 4.69) is 54.9 Å². The van der Waals surface area contributed by atoms with Crippen LogP contribution >= 0.6 is 0 Å². The second-order valence-corrected chi connectivity index (χ2v) is 8.70. The van der Waals surface area contributed by atoms with E-state index >= 15 is 0 Å². The molecule has 1 fully saturated rings. The molecule has 1 aliphatic heterocycles. The second-order valence-electron chi connectivity index (χ2n) is 8.70. The average molecular weight is 417 g/mol. The minimum Gasteiger partial charge on any atom is -0.490 e. The molecule has 1 aromatic carbocycles. The van der Waals surface area contributed by atoms with E-state index in [1.54, 1.807) is 29.8 Å². The van der Waals surface area contributed by atoms with Gasteiger partial charge in [-0.05, 0) is 35.7 Å². The molecule has 31 heavy (non-hydrogen) atoms. The maximum absolute atomic E-state index is 12.5. The molecule has 0 bridgehead atoms. The Morgan fingerprint density at radius 1 is 1.23 bits per heavy atom. The zero-order valence-electron chi connectivity index (χ0n) is 18.5. The van der Waals surface area contributed by atoms with Crippen molar-refractivity contribution < 1.29 is 4.74 Å². The van der Waals surface area contributed by atoms with E-state index in [4.69, 9.17) is 4.74 Å². The molecule has 2 atom stereocenters. The van der Waals surface area contributed by atoms with Crippen molar-refractivity contribution in [3.8, 4) is 11.8 Å². The Bertz CT molecular complexity index is 1210. The predicted octanol–water partition coefficient (Wildman–Crippen LogP) is 4.22. The van der Waals surface area contributed by atoms with Crippen molar-refractivity contribution in [1.29, 1.82) is 5.26 Å². The van der Waals surface area contributed by atoms with Crippen LogP contribution in [0, 0.1) is 17.2 Å². The molecule has 160 valence electrons.